The van der Waals surface area contributed by atoms with Crippen LogP contribution in [0.5, 0.6) is 0 Å². The summed E-state index contributed by atoms with van der Waals surface area (Å²) in [6.07, 6.45) is 6.71. The van der Waals surface area contributed by atoms with Gasteiger partial charge in [0.15, 0.2) is 5.82 Å². The molecular formula is C18H21N5O. The maximum Gasteiger partial charge on any atom is 0.219 e. The van der Waals surface area contributed by atoms with Crippen LogP contribution in [0.1, 0.15) is 31.0 Å². The fourth-order valence-corrected chi connectivity index (χ4v) is 3.49. The summed E-state index contributed by atoms with van der Waals surface area (Å²) in [6.45, 7) is 5.03. The molecule has 2 aromatic rings. The van der Waals surface area contributed by atoms with E-state index in [1.165, 1.54) is 12.8 Å². The Balaban J connectivity index is 1.80. The molecule has 6 nitrogen and oxygen atoms in total. The molecular weight excluding hydrogens is 302 g/mol. The van der Waals surface area contributed by atoms with Gasteiger partial charge in [0.25, 0.3) is 0 Å². The first-order valence-electron chi connectivity index (χ1n) is 8.53. The second-order valence-corrected chi connectivity index (χ2v) is 6.42. The maximum absolute atomic E-state index is 11.8. The van der Waals surface area contributed by atoms with Crippen LogP contribution in [0.2, 0.25) is 0 Å². The third kappa shape index (κ3) is 2.72. The van der Waals surface area contributed by atoms with E-state index < -0.39 is 0 Å². The number of carbonyl (C=O) groups is 1. The van der Waals surface area contributed by atoms with Crippen LogP contribution in [0.25, 0.3) is 11.4 Å². The van der Waals surface area contributed by atoms with Crippen molar-refractivity contribution >= 4 is 11.7 Å². The molecule has 24 heavy (non-hydrogen) atoms. The summed E-state index contributed by atoms with van der Waals surface area (Å²) in [7, 11) is 0. The van der Waals surface area contributed by atoms with Crippen molar-refractivity contribution < 1.29 is 4.79 Å². The second kappa shape index (κ2) is 6.19. The van der Waals surface area contributed by atoms with Crippen molar-refractivity contribution in [2.75, 3.05) is 24.5 Å². The molecule has 4 rings (SSSR count). The zero-order valence-corrected chi connectivity index (χ0v) is 13.9. The molecule has 6 heteroatoms. The highest BCUT2D eigenvalue weighted by atomic mass is 16.2. The molecule has 1 saturated heterocycles. The molecule has 0 saturated carbocycles. The lowest BCUT2D eigenvalue weighted by Crippen LogP contribution is -2.36. The number of rotatable bonds is 2. The van der Waals surface area contributed by atoms with Gasteiger partial charge in [-0.1, -0.05) is 0 Å². The number of hydrogen-bond acceptors (Lipinski definition) is 5. The predicted octanol–water partition coefficient (Wildman–Crippen LogP) is 2.04. The summed E-state index contributed by atoms with van der Waals surface area (Å²) in [5.41, 5.74) is 3.19. The molecule has 2 aromatic heterocycles. The van der Waals surface area contributed by atoms with Gasteiger partial charge in [-0.2, -0.15) is 0 Å². The average Bonchev–Trinajstić information content (AvgIpc) is 3.15. The number of carbonyl (C=O) groups excluding carboxylic acids is 1. The molecule has 124 valence electrons. The molecule has 0 aromatic carbocycles. The first-order valence-corrected chi connectivity index (χ1v) is 8.53. The Morgan fingerprint density at radius 1 is 1.08 bits per heavy atom. The first-order chi connectivity index (χ1) is 11.7. The number of hydrogen-bond donors (Lipinski definition) is 0. The number of nitrogens with zero attached hydrogens (tertiary/aromatic N) is 5. The van der Waals surface area contributed by atoms with Crippen molar-refractivity contribution in [1.29, 1.82) is 0 Å². The zero-order valence-electron chi connectivity index (χ0n) is 13.9. The van der Waals surface area contributed by atoms with Gasteiger partial charge in [-0.25, -0.2) is 9.97 Å². The van der Waals surface area contributed by atoms with E-state index in [-0.39, 0.29) is 5.91 Å². The molecule has 2 aliphatic heterocycles. The Kier molecular flexibility index (Phi) is 3.88. The Bertz CT molecular complexity index is 756. The number of fused-ring (bicyclic) bond motifs is 1. The van der Waals surface area contributed by atoms with Crippen molar-refractivity contribution in [2.45, 2.75) is 32.7 Å². The Hall–Kier alpha value is -2.50. The molecule has 0 spiro atoms. The minimum atomic E-state index is 0.117. The molecule has 0 aliphatic carbocycles. The molecule has 0 bridgehead atoms. The maximum atomic E-state index is 11.8. The van der Waals surface area contributed by atoms with Crippen molar-refractivity contribution in [3.8, 4) is 11.4 Å². The van der Waals surface area contributed by atoms with Crippen LogP contribution < -0.4 is 4.90 Å². The summed E-state index contributed by atoms with van der Waals surface area (Å²) in [5.74, 6) is 1.89. The summed E-state index contributed by atoms with van der Waals surface area (Å²) >= 11 is 0. The largest absolute Gasteiger partial charge is 0.356 e. The Morgan fingerprint density at radius 3 is 2.54 bits per heavy atom. The molecule has 1 fully saturated rings. The van der Waals surface area contributed by atoms with E-state index in [9.17, 15) is 4.79 Å². The monoisotopic (exact) mass is 323 g/mol. The smallest absolute Gasteiger partial charge is 0.219 e. The van der Waals surface area contributed by atoms with Gasteiger partial charge in [-0.15, -0.1) is 0 Å². The molecule has 0 unspecified atom stereocenters. The van der Waals surface area contributed by atoms with Gasteiger partial charge in [-0.05, 0) is 25.0 Å². The first kappa shape index (κ1) is 15.1. The lowest BCUT2D eigenvalue weighted by Gasteiger charge is -2.31. The summed E-state index contributed by atoms with van der Waals surface area (Å²) in [6, 6.07) is 3.89. The highest BCUT2D eigenvalue weighted by molar-refractivity contribution is 5.74. The van der Waals surface area contributed by atoms with E-state index in [1.807, 2.05) is 17.0 Å². The Labute approximate surface area is 141 Å². The highest BCUT2D eigenvalue weighted by Crippen LogP contribution is 2.31. The van der Waals surface area contributed by atoms with Gasteiger partial charge in [0.1, 0.15) is 5.82 Å². The van der Waals surface area contributed by atoms with Gasteiger partial charge in [0.2, 0.25) is 5.91 Å². The van der Waals surface area contributed by atoms with Crippen molar-refractivity contribution in [1.82, 2.24) is 19.9 Å². The fourth-order valence-electron chi connectivity index (χ4n) is 3.49. The third-order valence-corrected chi connectivity index (χ3v) is 4.83. The fraction of sp³-hybridized carbons (Fsp3) is 0.444. The Morgan fingerprint density at radius 2 is 1.83 bits per heavy atom. The van der Waals surface area contributed by atoms with E-state index >= 15 is 0 Å². The second-order valence-electron chi connectivity index (χ2n) is 6.42. The van der Waals surface area contributed by atoms with Crippen LogP contribution in [-0.4, -0.2) is 45.4 Å². The number of amides is 1. The predicted molar refractivity (Wildman–Crippen MR) is 91.5 cm³/mol. The van der Waals surface area contributed by atoms with Crippen molar-refractivity contribution in [2.24, 2.45) is 0 Å². The van der Waals surface area contributed by atoms with Crippen LogP contribution in [0.15, 0.2) is 24.5 Å². The molecule has 2 aliphatic rings. The SMILES string of the molecule is CC(=O)N1CCc2nc(-c3ccncc3)nc(N3CCCC3)c2C1. The third-order valence-electron chi connectivity index (χ3n) is 4.83. The topological polar surface area (TPSA) is 62.2 Å². The lowest BCUT2D eigenvalue weighted by atomic mass is 10.0. The minimum absolute atomic E-state index is 0.117. The van der Waals surface area contributed by atoms with Gasteiger partial charge in [0.05, 0.1) is 12.2 Å². The normalized spacial score (nSPS) is 17.0. The van der Waals surface area contributed by atoms with Gasteiger partial charge >= 0.3 is 0 Å². The van der Waals surface area contributed by atoms with Crippen LogP contribution >= 0.6 is 0 Å². The van der Waals surface area contributed by atoms with Gasteiger partial charge in [-0.3, -0.25) is 9.78 Å². The number of anilines is 1. The van der Waals surface area contributed by atoms with Crippen LogP contribution in [0.3, 0.4) is 0 Å². The lowest BCUT2D eigenvalue weighted by molar-refractivity contribution is -0.129. The van der Waals surface area contributed by atoms with E-state index in [1.54, 1.807) is 19.3 Å². The quantitative estimate of drug-likeness (QED) is 0.846. The van der Waals surface area contributed by atoms with Crippen LogP contribution in [0, 0.1) is 0 Å². The highest BCUT2D eigenvalue weighted by Gasteiger charge is 2.27. The van der Waals surface area contributed by atoms with Crippen molar-refractivity contribution in [3.05, 3.63) is 35.8 Å². The number of pyridine rings is 1. The molecule has 1 amide bonds. The van der Waals surface area contributed by atoms with E-state index in [0.29, 0.717) is 6.54 Å². The minimum Gasteiger partial charge on any atom is -0.356 e. The molecule has 0 N–H and O–H groups in total. The standard InChI is InChI=1S/C18H21N5O/c1-13(24)23-11-6-16-15(12-23)18(22-9-2-3-10-22)21-17(20-16)14-4-7-19-8-5-14/h4-5,7-8H,2-3,6,9-12H2,1H3. The van der Waals surface area contributed by atoms with Crippen LogP contribution in [0.4, 0.5) is 5.82 Å². The zero-order chi connectivity index (χ0) is 16.5. The molecule has 4 heterocycles. The number of aromatic nitrogens is 3. The van der Waals surface area contributed by atoms with Crippen LogP contribution in [-0.2, 0) is 17.8 Å². The summed E-state index contributed by atoms with van der Waals surface area (Å²) in [4.78, 5) is 29.8. The van der Waals surface area contributed by atoms with Gasteiger partial charge in [0, 0.05) is 56.5 Å². The summed E-state index contributed by atoms with van der Waals surface area (Å²) < 4.78 is 0. The molecule has 0 radical (unpaired) electrons. The van der Waals surface area contributed by atoms with Crippen molar-refractivity contribution in [3.63, 3.8) is 0 Å². The molecule has 0 atom stereocenters. The summed E-state index contributed by atoms with van der Waals surface area (Å²) in [5, 5.41) is 0. The van der Waals surface area contributed by atoms with Gasteiger partial charge < -0.3 is 9.80 Å². The van der Waals surface area contributed by atoms with E-state index in [4.69, 9.17) is 9.97 Å². The van der Waals surface area contributed by atoms with E-state index in [0.717, 1.165) is 54.5 Å². The average molecular weight is 323 g/mol. The van der Waals surface area contributed by atoms with E-state index in [2.05, 4.69) is 9.88 Å².